The summed E-state index contributed by atoms with van der Waals surface area (Å²) in [5.74, 6) is -0.0773. The number of rotatable bonds is 3. The lowest BCUT2D eigenvalue weighted by atomic mass is 10.0. The number of benzene rings is 2. The summed E-state index contributed by atoms with van der Waals surface area (Å²) in [6, 6.07) is 14.2. The molecule has 0 fully saturated rings. The van der Waals surface area contributed by atoms with Crippen molar-refractivity contribution in [3.63, 3.8) is 0 Å². The lowest BCUT2D eigenvalue weighted by Gasteiger charge is -2.03. The van der Waals surface area contributed by atoms with Gasteiger partial charge in [0.25, 0.3) is 0 Å². The third-order valence-corrected chi connectivity index (χ3v) is 3.03. The van der Waals surface area contributed by atoms with E-state index in [1.807, 2.05) is 12.1 Å². The van der Waals surface area contributed by atoms with E-state index >= 15 is 0 Å². The molecule has 1 nitrogen and oxygen atoms in total. The van der Waals surface area contributed by atoms with E-state index in [-0.39, 0.29) is 5.78 Å². The summed E-state index contributed by atoms with van der Waals surface area (Å²) in [6.07, 6.45) is 0. The summed E-state index contributed by atoms with van der Waals surface area (Å²) < 4.78 is 0. The molecule has 0 amide bonds. The molecule has 0 N–H and O–H groups in total. The summed E-state index contributed by atoms with van der Waals surface area (Å²) in [5.41, 5.74) is 2.04. The van der Waals surface area contributed by atoms with Gasteiger partial charge in [-0.2, -0.15) is 0 Å². The maximum atomic E-state index is 12.1. The summed E-state index contributed by atoms with van der Waals surface area (Å²) in [7, 11) is 0. The monoisotopic (exact) mass is 260 g/mol. The molecule has 0 aromatic heterocycles. The molecule has 0 radical (unpaired) electrons. The Labute approximate surface area is 110 Å². The maximum absolute atomic E-state index is 12.1. The highest BCUT2D eigenvalue weighted by Crippen LogP contribution is 2.19. The van der Waals surface area contributed by atoms with Gasteiger partial charge in [-0.25, -0.2) is 0 Å². The Morgan fingerprint density at radius 2 is 1.71 bits per heavy atom. The van der Waals surface area contributed by atoms with Crippen LogP contribution < -0.4 is 0 Å². The van der Waals surface area contributed by atoms with Crippen LogP contribution in [-0.2, 0) is 0 Å². The average Bonchev–Trinajstić information content (AvgIpc) is 2.39. The van der Waals surface area contributed by atoms with Crippen molar-refractivity contribution in [3.8, 4) is 0 Å². The molecule has 0 aliphatic rings. The van der Waals surface area contributed by atoms with Gasteiger partial charge in [-0.05, 0) is 17.7 Å². The van der Waals surface area contributed by atoms with Gasteiger partial charge in [0, 0.05) is 16.5 Å². The first-order chi connectivity index (χ1) is 8.22. The molecule has 0 atom stereocenters. The zero-order chi connectivity index (χ0) is 12.3. The van der Waals surface area contributed by atoms with E-state index < -0.39 is 0 Å². The number of carbonyl (C=O) groups is 1. The third kappa shape index (κ3) is 2.60. The molecule has 3 heteroatoms. The number of hydrogen-bond donors (Lipinski definition) is 0. The molecule has 84 valence electrons. The Kier molecular flexibility index (Phi) is 3.67. The molecule has 2 aromatic rings. The lowest BCUT2D eigenvalue weighted by Crippen LogP contribution is -2.01. The van der Waals surface area contributed by atoms with Crippen molar-refractivity contribution in [1.82, 2.24) is 0 Å². The highest BCUT2D eigenvalue weighted by atomic mass is 35.5. The Balaban J connectivity index is 2.37. The minimum atomic E-state index is -0.0773. The Hall–Kier alpha value is -1.51. The maximum Gasteiger partial charge on any atom is 0.194 e. The molecule has 0 saturated carbocycles. The van der Waals surface area contributed by atoms with Crippen LogP contribution in [0.15, 0.2) is 48.5 Å². The van der Waals surface area contributed by atoms with E-state index in [2.05, 4.69) is 0 Å². The van der Waals surface area contributed by atoms with Gasteiger partial charge >= 0.3 is 0 Å². The average molecular weight is 261 g/mol. The minimum absolute atomic E-state index is 0.0773. The van der Waals surface area contributed by atoms with Crippen LogP contribution in [0.4, 0.5) is 0 Å². The topological polar surface area (TPSA) is 17.1 Å². The molecule has 0 spiro atoms. The zero-order valence-electron chi connectivity index (χ0n) is 8.89. The summed E-state index contributed by atoms with van der Waals surface area (Å²) in [6.45, 7) is 0. The lowest BCUT2D eigenvalue weighted by molar-refractivity contribution is 0.103. The minimum Gasteiger partial charge on any atom is -0.289 e. The molecule has 17 heavy (non-hydrogen) atoms. The van der Waals surface area contributed by atoms with Crippen LogP contribution in [0.25, 0.3) is 0 Å². The van der Waals surface area contributed by atoms with Gasteiger partial charge in [0.2, 0.25) is 0 Å². The van der Waals surface area contributed by atoms with Crippen LogP contribution in [0.2, 0.25) is 5.02 Å². The molecule has 2 rings (SSSR count). The van der Waals surface area contributed by atoms with E-state index in [1.165, 1.54) is 0 Å². The largest absolute Gasteiger partial charge is 0.289 e. The summed E-state index contributed by atoms with van der Waals surface area (Å²) in [5, 5.41) is 2.04. The number of thiocarbonyl (C=S) groups is 1. The van der Waals surface area contributed by atoms with Crippen molar-refractivity contribution in [2.45, 2.75) is 0 Å². The Morgan fingerprint density at radius 3 is 2.29 bits per heavy atom. The highest BCUT2D eigenvalue weighted by molar-refractivity contribution is 7.79. The first-order valence-corrected chi connectivity index (χ1v) is 5.92. The predicted octanol–water partition coefficient (Wildman–Crippen LogP) is 3.92. The van der Waals surface area contributed by atoms with Gasteiger partial charge in [0.1, 0.15) is 0 Å². The molecular weight excluding hydrogens is 252 g/mol. The Bertz CT molecular complexity index is 561. The van der Waals surface area contributed by atoms with Crippen LogP contribution in [0.1, 0.15) is 21.5 Å². The second-order valence-electron chi connectivity index (χ2n) is 3.55. The molecular formula is C14H9ClOS. The van der Waals surface area contributed by atoms with E-state index in [0.29, 0.717) is 16.1 Å². The van der Waals surface area contributed by atoms with E-state index in [1.54, 1.807) is 41.8 Å². The van der Waals surface area contributed by atoms with E-state index in [9.17, 15) is 4.79 Å². The third-order valence-electron chi connectivity index (χ3n) is 2.43. The van der Waals surface area contributed by atoms with Crippen molar-refractivity contribution in [1.29, 1.82) is 0 Å². The molecule has 0 saturated heterocycles. The first kappa shape index (κ1) is 12.0. The summed E-state index contributed by atoms with van der Waals surface area (Å²) in [4.78, 5) is 12.1. The first-order valence-electron chi connectivity index (χ1n) is 5.07. The highest BCUT2D eigenvalue weighted by Gasteiger charge is 2.11. The molecule has 0 aliphatic carbocycles. The van der Waals surface area contributed by atoms with Crippen LogP contribution in [0, 0.1) is 0 Å². The second kappa shape index (κ2) is 5.21. The number of hydrogen-bond acceptors (Lipinski definition) is 2. The normalized spacial score (nSPS) is 9.94. The molecule has 0 bridgehead atoms. The van der Waals surface area contributed by atoms with Gasteiger partial charge in [-0.1, -0.05) is 60.2 Å². The van der Waals surface area contributed by atoms with Gasteiger partial charge in [-0.3, -0.25) is 4.79 Å². The smallest absolute Gasteiger partial charge is 0.194 e. The van der Waals surface area contributed by atoms with Gasteiger partial charge in [0.15, 0.2) is 5.78 Å². The van der Waals surface area contributed by atoms with Crippen molar-refractivity contribution < 1.29 is 4.79 Å². The van der Waals surface area contributed by atoms with Crippen molar-refractivity contribution in [3.05, 3.63) is 70.2 Å². The van der Waals surface area contributed by atoms with Gasteiger partial charge in [0.05, 0.1) is 5.02 Å². The SMILES string of the molecule is O=C(c1ccc(C=S)cc1)c1ccccc1Cl. The second-order valence-corrected chi connectivity index (χ2v) is 4.19. The number of ketones is 1. The predicted molar refractivity (Wildman–Crippen MR) is 74.1 cm³/mol. The standard InChI is InChI=1S/C14H9ClOS/c15-13-4-2-1-3-12(13)14(16)11-7-5-10(9-17)6-8-11/h1-9H. The fourth-order valence-electron chi connectivity index (χ4n) is 1.51. The van der Waals surface area contributed by atoms with Crippen molar-refractivity contribution >= 4 is 35.0 Å². The molecule has 0 unspecified atom stereocenters. The van der Waals surface area contributed by atoms with Gasteiger partial charge < -0.3 is 0 Å². The van der Waals surface area contributed by atoms with E-state index in [0.717, 1.165) is 5.56 Å². The summed E-state index contributed by atoms with van der Waals surface area (Å²) >= 11 is 10.8. The van der Waals surface area contributed by atoms with Crippen LogP contribution in [-0.4, -0.2) is 11.2 Å². The fourth-order valence-corrected chi connectivity index (χ4v) is 1.89. The van der Waals surface area contributed by atoms with Crippen molar-refractivity contribution in [2.24, 2.45) is 0 Å². The Morgan fingerprint density at radius 1 is 1.06 bits per heavy atom. The van der Waals surface area contributed by atoms with E-state index in [4.69, 9.17) is 23.8 Å². The number of halogens is 1. The molecule has 0 aliphatic heterocycles. The molecule has 2 aromatic carbocycles. The van der Waals surface area contributed by atoms with Crippen LogP contribution >= 0.6 is 23.8 Å². The van der Waals surface area contributed by atoms with Crippen LogP contribution in [0.3, 0.4) is 0 Å². The quantitative estimate of drug-likeness (QED) is 0.615. The molecule has 0 heterocycles. The number of carbonyl (C=O) groups excluding carboxylic acids is 1. The fraction of sp³-hybridized carbons (Fsp3) is 0. The van der Waals surface area contributed by atoms with Gasteiger partial charge in [-0.15, -0.1) is 0 Å². The van der Waals surface area contributed by atoms with Crippen molar-refractivity contribution in [2.75, 3.05) is 0 Å². The van der Waals surface area contributed by atoms with Crippen LogP contribution in [0.5, 0.6) is 0 Å². The zero-order valence-corrected chi connectivity index (χ0v) is 10.5.